The molecule has 0 saturated heterocycles. The van der Waals surface area contributed by atoms with Gasteiger partial charge in [0.15, 0.2) is 0 Å². The lowest BCUT2D eigenvalue weighted by atomic mass is 10.2. The smallest absolute Gasteiger partial charge is 0.365 e. The Morgan fingerprint density at radius 2 is 2.16 bits per heavy atom. The van der Waals surface area contributed by atoms with Crippen LogP contribution in [0.1, 0.15) is 16.8 Å². The van der Waals surface area contributed by atoms with Crippen molar-refractivity contribution >= 4 is 5.82 Å². The molecule has 0 aromatic carbocycles. The van der Waals surface area contributed by atoms with Gasteiger partial charge in [0, 0.05) is 18.3 Å². The molecular weight excluding hydrogens is 259 g/mol. The SMILES string of the molecule is N#Cc1ccc(C(F)(F)F)nc1NCc1cn[nH]c1. The molecule has 0 bridgehead atoms. The Balaban J connectivity index is 2.24. The molecule has 2 N–H and O–H groups in total. The van der Waals surface area contributed by atoms with Crippen LogP contribution >= 0.6 is 0 Å². The zero-order valence-electron chi connectivity index (χ0n) is 9.49. The van der Waals surface area contributed by atoms with Gasteiger partial charge in [-0.2, -0.15) is 23.5 Å². The van der Waals surface area contributed by atoms with E-state index in [1.807, 2.05) is 0 Å². The second-order valence-corrected chi connectivity index (χ2v) is 3.66. The van der Waals surface area contributed by atoms with Crippen LogP contribution in [0.5, 0.6) is 0 Å². The standard InChI is InChI=1S/C11H8F3N5/c12-11(13,14)9-2-1-8(3-15)10(19-9)16-4-7-5-17-18-6-7/h1-2,5-6H,4H2,(H,16,19)(H,17,18). The van der Waals surface area contributed by atoms with Gasteiger partial charge in [-0.1, -0.05) is 0 Å². The Hall–Kier alpha value is -2.56. The van der Waals surface area contributed by atoms with Gasteiger partial charge in [-0.25, -0.2) is 4.98 Å². The summed E-state index contributed by atoms with van der Waals surface area (Å²) in [6.07, 6.45) is -1.43. The summed E-state index contributed by atoms with van der Waals surface area (Å²) in [5.74, 6) is -0.0986. The van der Waals surface area contributed by atoms with E-state index in [1.165, 1.54) is 6.20 Å². The fourth-order valence-corrected chi connectivity index (χ4v) is 1.40. The van der Waals surface area contributed by atoms with Gasteiger partial charge in [-0.3, -0.25) is 5.10 Å². The summed E-state index contributed by atoms with van der Waals surface area (Å²) in [4.78, 5) is 3.43. The third kappa shape index (κ3) is 3.01. The van der Waals surface area contributed by atoms with Crippen molar-refractivity contribution in [2.24, 2.45) is 0 Å². The Labute approximate surface area is 106 Å². The first-order valence-corrected chi connectivity index (χ1v) is 5.20. The Morgan fingerprint density at radius 1 is 1.37 bits per heavy atom. The summed E-state index contributed by atoms with van der Waals surface area (Å²) in [6.45, 7) is 0.222. The molecule has 0 amide bonds. The first kappa shape index (κ1) is 12.9. The summed E-state index contributed by atoms with van der Waals surface area (Å²) in [6, 6.07) is 3.66. The van der Waals surface area contributed by atoms with Crippen LogP contribution in [-0.2, 0) is 12.7 Å². The normalized spacial score (nSPS) is 11.1. The lowest BCUT2D eigenvalue weighted by Crippen LogP contribution is -2.11. The van der Waals surface area contributed by atoms with Crippen LogP contribution in [0.25, 0.3) is 0 Å². The van der Waals surface area contributed by atoms with E-state index < -0.39 is 11.9 Å². The zero-order chi connectivity index (χ0) is 13.9. The van der Waals surface area contributed by atoms with Gasteiger partial charge in [0.1, 0.15) is 17.6 Å². The summed E-state index contributed by atoms with van der Waals surface area (Å²) in [5, 5.41) is 17.8. The van der Waals surface area contributed by atoms with E-state index in [-0.39, 0.29) is 17.9 Å². The average Bonchev–Trinajstić information content (AvgIpc) is 2.88. The molecule has 0 radical (unpaired) electrons. The van der Waals surface area contributed by atoms with Gasteiger partial charge in [0.05, 0.1) is 11.8 Å². The molecular formula is C11H8F3N5. The van der Waals surface area contributed by atoms with E-state index >= 15 is 0 Å². The van der Waals surface area contributed by atoms with Crippen molar-refractivity contribution in [1.82, 2.24) is 15.2 Å². The topological polar surface area (TPSA) is 77.4 Å². The molecule has 0 unspecified atom stereocenters. The highest BCUT2D eigenvalue weighted by atomic mass is 19.4. The van der Waals surface area contributed by atoms with Gasteiger partial charge in [-0.15, -0.1) is 0 Å². The highest BCUT2D eigenvalue weighted by Crippen LogP contribution is 2.29. The average molecular weight is 267 g/mol. The van der Waals surface area contributed by atoms with Crippen LogP contribution in [-0.4, -0.2) is 15.2 Å². The lowest BCUT2D eigenvalue weighted by Gasteiger charge is -2.10. The van der Waals surface area contributed by atoms with Crippen molar-refractivity contribution in [3.8, 4) is 6.07 Å². The molecule has 2 aromatic rings. The Morgan fingerprint density at radius 3 is 2.74 bits per heavy atom. The van der Waals surface area contributed by atoms with Crippen LogP contribution in [0.3, 0.4) is 0 Å². The quantitative estimate of drug-likeness (QED) is 0.894. The largest absolute Gasteiger partial charge is 0.433 e. The number of alkyl halides is 3. The molecule has 5 nitrogen and oxygen atoms in total. The third-order valence-electron chi connectivity index (χ3n) is 2.32. The molecule has 98 valence electrons. The van der Waals surface area contributed by atoms with Crippen LogP contribution in [0.15, 0.2) is 24.5 Å². The van der Waals surface area contributed by atoms with Crippen molar-refractivity contribution in [2.45, 2.75) is 12.7 Å². The van der Waals surface area contributed by atoms with E-state index in [0.717, 1.165) is 17.7 Å². The number of nitrogens with zero attached hydrogens (tertiary/aromatic N) is 3. The maximum atomic E-state index is 12.5. The van der Waals surface area contributed by atoms with Crippen LogP contribution < -0.4 is 5.32 Å². The predicted octanol–water partition coefficient (Wildman–Crippen LogP) is 2.31. The van der Waals surface area contributed by atoms with Crippen molar-refractivity contribution in [3.63, 3.8) is 0 Å². The second-order valence-electron chi connectivity index (χ2n) is 3.66. The number of nitrogens with one attached hydrogen (secondary N) is 2. The lowest BCUT2D eigenvalue weighted by molar-refractivity contribution is -0.141. The van der Waals surface area contributed by atoms with Crippen molar-refractivity contribution < 1.29 is 13.2 Å². The minimum absolute atomic E-state index is 0.0523. The first-order valence-electron chi connectivity index (χ1n) is 5.20. The van der Waals surface area contributed by atoms with E-state index in [2.05, 4.69) is 20.5 Å². The number of hydrogen-bond acceptors (Lipinski definition) is 4. The summed E-state index contributed by atoms with van der Waals surface area (Å²) in [5.41, 5.74) is -0.249. The number of anilines is 1. The zero-order valence-corrected chi connectivity index (χ0v) is 9.49. The molecule has 0 saturated carbocycles. The van der Waals surface area contributed by atoms with Crippen molar-refractivity contribution in [2.75, 3.05) is 5.32 Å². The summed E-state index contributed by atoms with van der Waals surface area (Å²) in [7, 11) is 0. The molecule has 2 aromatic heterocycles. The van der Waals surface area contributed by atoms with Crippen LogP contribution in [0.2, 0.25) is 0 Å². The molecule has 0 aliphatic rings. The van der Waals surface area contributed by atoms with Crippen LogP contribution in [0, 0.1) is 11.3 Å². The number of nitriles is 1. The minimum Gasteiger partial charge on any atom is -0.365 e. The summed E-state index contributed by atoms with van der Waals surface area (Å²) < 4.78 is 37.6. The molecule has 2 heterocycles. The first-order chi connectivity index (χ1) is 9.00. The van der Waals surface area contributed by atoms with Gasteiger partial charge in [-0.05, 0) is 12.1 Å². The Bertz CT molecular complexity index is 598. The number of pyridine rings is 1. The molecule has 0 aliphatic heterocycles. The molecule has 0 atom stereocenters. The van der Waals surface area contributed by atoms with Gasteiger partial charge in [0.25, 0.3) is 0 Å². The number of aromatic nitrogens is 3. The van der Waals surface area contributed by atoms with E-state index in [1.54, 1.807) is 12.3 Å². The third-order valence-corrected chi connectivity index (χ3v) is 2.32. The highest BCUT2D eigenvalue weighted by molar-refractivity contribution is 5.52. The number of hydrogen-bond donors (Lipinski definition) is 2. The fourth-order valence-electron chi connectivity index (χ4n) is 1.40. The van der Waals surface area contributed by atoms with E-state index in [4.69, 9.17) is 5.26 Å². The second kappa shape index (κ2) is 4.97. The van der Waals surface area contributed by atoms with Gasteiger partial charge >= 0.3 is 6.18 Å². The van der Waals surface area contributed by atoms with Gasteiger partial charge < -0.3 is 5.32 Å². The highest BCUT2D eigenvalue weighted by Gasteiger charge is 2.33. The monoisotopic (exact) mass is 267 g/mol. The van der Waals surface area contributed by atoms with Crippen molar-refractivity contribution in [3.05, 3.63) is 41.3 Å². The van der Waals surface area contributed by atoms with Gasteiger partial charge in [0.2, 0.25) is 0 Å². The fraction of sp³-hybridized carbons (Fsp3) is 0.182. The minimum atomic E-state index is -4.54. The maximum absolute atomic E-state index is 12.5. The predicted molar refractivity (Wildman–Crippen MR) is 59.9 cm³/mol. The van der Waals surface area contributed by atoms with Crippen molar-refractivity contribution in [1.29, 1.82) is 5.26 Å². The van der Waals surface area contributed by atoms with E-state index in [0.29, 0.717) is 0 Å². The number of aromatic amines is 1. The number of H-pyrrole nitrogens is 1. The van der Waals surface area contributed by atoms with Crippen LogP contribution in [0.4, 0.5) is 19.0 Å². The molecule has 0 spiro atoms. The number of rotatable bonds is 3. The van der Waals surface area contributed by atoms with E-state index in [9.17, 15) is 13.2 Å². The molecule has 2 rings (SSSR count). The molecule has 0 aliphatic carbocycles. The summed E-state index contributed by atoms with van der Waals surface area (Å²) >= 11 is 0. The molecule has 0 fully saturated rings. The Kier molecular flexibility index (Phi) is 3.37. The molecule has 19 heavy (non-hydrogen) atoms. The maximum Gasteiger partial charge on any atom is 0.433 e. The number of halogens is 3. The molecule has 8 heteroatoms.